The predicted octanol–water partition coefficient (Wildman–Crippen LogP) is 4.15. The fraction of sp³-hybridized carbons (Fsp3) is 0.125. The standard InChI is InChI=1S/C16H13ClN2S/c17-13-9-5-4-8-12(13)15-10-14(18-16(20)19-15)11-6-2-1-3-7-11/h1-9,15H,10H2,(H,19,20). The van der Waals surface area contributed by atoms with Gasteiger partial charge in [-0.25, -0.2) is 4.99 Å². The van der Waals surface area contributed by atoms with Crippen LogP contribution in [0, 0.1) is 0 Å². The molecule has 4 heteroatoms. The van der Waals surface area contributed by atoms with E-state index in [0.29, 0.717) is 5.11 Å². The minimum Gasteiger partial charge on any atom is -0.354 e. The molecule has 1 unspecified atom stereocenters. The van der Waals surface area contributed by atoms with E-state index in [4.69, 9.17) is 23.8 Å². The highest BCUT2D eigenvalue weighted by molar-refractivity contribution is 7.80. The third kappa shape index (κ3) is 2.74. The zero-order valence-electron chi connectivity index (χ0n) is 10.7. The Balaban J connectivity index is 1.93. The molecule has 100 valence electrons. The fourth-order valence-corrected chi connectivity index (χ4v) is 2.87. The lowest BCUT2D eigenvalue weighted by Crippen LogP contribution is -2.33. The minimum absolute atomic E-state index is 0.0731. The Labute approximate surface area is 128 Å². The number of thiocarbonyl (C=S) groups is 1. The molecule has 0 saturated carbocycles. The Morgan fingerprint density at radius 3 is 2.50 bits per heavy atom. The monoisotopic (exact) mass is 300 g/mol. The normalized spacial score (nSPS) is 18.4. The van der Waals surface area contributed by atoms with Gasteiger partial charge in [0.1, 0.15) is 0 Å². The lowest BCUT2D eigenvalue weighted by atomic mass is 9.96. The van der Waals surface area contributed by atoms with Crippen LogP contribution < -0.4 is 5.32 Å². The van der Waals surface area contributed by atoms with Gasteiger partial charge in [0.15, 0.2) is 5.11 Å². The summed E-state index contributed by atoms with van der Waals surface area (Å²) in [6.45, 7) is 0. The lowest BCUT2D eigenvalue weighted by Gasteiger charge is -2.25. The number of rotatable bonds is 2. The first-order valence-electron chi connectivity index (χ1n) is 6.42. The van der Waals surface area contributed by atoms with Gasteiger partial charge in [0.25, 0.3) is 0 Å². The molecule has 20 heavy (non-hydrogen) atoms. The first-order valence-corrected chi connectivity index (χ1v) is 7.20. The summed E-state index contributed by atoms with van der Waals surface area (Å²) in [5, 5.41) is 4.50. The Morgan fingerprint density at radius 2 is 1.75 bits per heavy atom. The van der Waals surface area contributed by atoms with Crippen molar-refractivity contribution in [3.63, 3.8) is 0 Å². The Kier molecular flexibility index (Phi) is 3.81. The molecule has 0 saturated heterocycles. The summed E-state index contributed by atoms with van der Waals surface area (Å²) in [5.41, 5.74) is 3.16. The molecule has 1 atom stereocenters. The Hall–Kier alpha value is -1.71. The molecule has 1 N–H and O–H groups in total. The number of hydrogen-bond acceptors (Lipinski definition) is 1. The van der Waals surface area contributed by atoms with Gasteiger partial charge in [0.2, 0.25) is 0 Å². The summed E-state index contributed by atoms with van der Waals surface area (Å²) in [5.74, 6) is 0. The molecule has 2 aromatic rings. The first-order chi connectivity index (χ1) is 9.74. The van der Waals surface area contributed by atoms with E-state index in [0.717, 1.165) is 28.3 Å². The van der Waals surface area contributed by atoms with Crippen LogP contribution in [0.3, 0.4) is 0 Å². The summed E-state index contributed by atoms with van der Waals surface area (Å²) in [6.07, 6.45) is 0.772. The molecule has 3 rings (SSSR count). The van der Waals surface area contributed by atoms with E-state index < -0.39 is 0 Å². The summed E-state index contributed by atoms with van der Waals surface area (Å²) in [4.78, 5) is 4.45. The number of benzene rings is 2. The number of nitrogens with zero attached hydrogens (tertiary/aromatic N) is 1. The Bertz CT molecular complexity index is 667. The van der Waals surface area contributed by atoms with Crippen molar-refractivity contribution in [1.29, 1.82) is 0 Å². The second-order valence-corrected chi connectivity index (χ2v) is 5.45. The highest BCUT2D eigenvalue weighted by Crippen LogP contribution is 2.28. The van der Waals surface area contributed by atoms with Gasteiger partial charge in [-0.1, -0.05) is 60.1 Å². The SMILES string of the molecule is S=C1N=C(c2ccccc2)CC(c2ccccc2Cl)N1. The molecule has 2 nitrogen and oxygen atoms in total. The van der Waals surface area contributed by atoms with Gasteiger partial charge in [-0.15, -0.1) is 0 Å². The molecule has 1 aliphatic heterocycles. The molecule has 1 aliphatic rings. The smallest absolute Gasteiger partial charge is 0.193 e. The third-order valence-corrected chi connectivity index (χ3v) is 3.87. The highest BCUT2D eigenvalue weighted by Gasteiger charge is 2.22. The summed E-state index contributed by atoms with van der Waals surface area (Å²) in [6, 6.07) is 18.0. The quantitative estimate of drug-likeness (QED) is 0.843. The molecular formula is C16H13ClN2S. The second-order valence-electron chi connectivity index (χ2n) is 4.65. The van der Waals surface area contributed by atoms with E-state index in [2.05, 4.69) is 22.4 Å². The maximum absolute atomic E-state index is 6.28. The molecule has 0 aliphatic carbocycles. The van der Waals surface area contributed by atoms with Crippen LogP contribution in [0.2, 0.25) is 5.02 Å². The van der Waals surface area contributed by atoms with Crippen molar-refractivity contribution in [2.45, 2.75) is 12.5 Å². The van der Waals surface area contributed by atoms with Crippen LogP contribution in [0.15, 0.2) is 59.6 Å². The largest absolute Gasteiger partial charge is 0.354 e. The third-order valence-electron chi connectivity index (χ3n) is 3.32. The summed E-state index contributed by atoms with van der Waals surface area (Å²) in [7, 11) is 0. The van der Waals surface area contributed by atoms with E-state index in [1.807, 2.05) is 42.5 Å². The molecule has 0 radical (unpaired) electrons. The summed E-state index contributed by atoms with van der Waals surface area (Å²) < 4.78 is 0. The number of hydrogen-bond donors (Lipinski definition) is 1. The molecule has 0 aromatic heterocycles. The van der Waals surface area contributed by atoms with Crippen LogP contribution in [0.25, 0.3) is 0 Å². The van der Waals surface area contributed by atoms with Gasteiger partial charge >= 0.3 is 0 Å². The van der Waals surface area contributed by atoms with E-state index in [1.165, 1.54) is 0 Å². The molecule has 0 fully saturated rings. The van der Waals surface area contributed by atoms with Crippen LogP contribution in [-0.4, -0.2) is 10.8 Å². The number of aliphatic imine (C=N–C) groups is 1. The summed E-state index contributed by atoms with van der Waals surface area (Å²) >= 11 is 11.5. The van der Waals surface area contributed by atoms with Crippen LogP contribution in [0.5, 0.6) is 0 Å². The van der Waals surface area contributed by atoms with Gasteiger partial charge in [-0.05, 0) is 29.4 Å². The molecule has 0 bridgehead atoms. The minimum atomic E-state index is 0.0731. The molecule has 1 heterocycles. The van der Waals surface area contributed by atoms with E-state index in [-0.39, 0.29) is 6.04 Å². The lowest BCUT2D eigenvalue weighted by molar-refractivity contribution is 0.664. The maximum Gasteiger partial charge on any atom is 0.193 e. The van der Waals surface area contributed by atoms with Gasteiger partial charge in [0.05, 0.1) is 11.8 Å². The fourth-order valence-electron chi connectivity index (χ4n) is 2.35. The van der Waals surface area contributed by atoms with Crippen LogP contribution in [-0.2, 0) is 0 Å². The van der Waals surface area contributed by atoms with Crippen LogP contribution in [0.4, 0.5) is 0 Å². The maximum atomic E-state index is 6.28. The highest BCUT2D eigenvalue weighted by atomic mass is 35.5. The number of halogens is 1. The molecule has 0 amide bonds. The van der Waals surface area contributed by atoms with Crippen molar-refractivity contribution in [2.24, 2.45) is 4.99 Å². The van der Waals surface area contributed by atoms with Crippen molar-refractivity contribution in [3.8, 4) is 0 Å². The Morgan fingerprint density at radius 1 is 1.05 bits per heavy atom. The van der Waals surface area contributed by atoms with Gasteiger partial charge < -0.3 is 5.32 Å². The van der Waals surface area contributed by atoms with Crippen molar-refractivity contribution in [1.82, 2.24) is 5.32 Å². The number of nitrogens with one attached hydrogen (secondary N) is 1. The van der Waals surface area contributed by atoms with E-state index in [1.54, 1.807) is 0 Å². The average molecular weight is 301 g/mol. The predicted molar refractivity (Wildman–Crippen MR) is 87.5 cm³/mol. The van der Waals surface area contributed by atoms with Gasteiger partial charge in [0, 0.05) is 11.4 Å². The van der Waals surface area contributed by atoms with Crippen LogP contribution in [0.1, 0.15) is 23.6 Å². The van der Waals surface area contributed by atoms with Gasteiger partial charge in [-0.2, -0.15) is 0 Å². The zero-order chi connectivity index (χ0) is 13.9. The zero-order valence-corrected chi connectivity index (χ0v) is 12.3. The van der Waals surface area contributed by atoms with E-state index in [9.17, 15) is 0 Å². The van der Waals surface area contributed by atoms with Crippen molar-refractivity contribution in [2.75, 3.05) is 0 Å². The van der Waals surface area contributed by atoms with Gasteiger partial charge in [-0.3, -0.25) is 0 Å². The van der Waals surface area contributed by atoms with Crippen molar-refractivity contribution in [3.05, 3.63) is 70.7 Å². The van der Waals surface area contributed by atoms with Crippen molar-refractivity contribution >= 4 is 34.6 Å². The molecule has 2 aromatic carbocycles. The van der Waals surface area contributed by atoms with Crippen molar-refractivity contribution < 1.29 is 0 Å². The average Bonchev–Trinajstić information content (AvgIpc) is 2.48. The molecule has 0 spiro atoms. The second kappa shape index (κ2) is 5.73. The first kappa shape index (κ1) is 13.3. The van der Waals surface area contributed by atoms with Crippen LogP contribution >= 0.6 is 23.8 Å². The topological polar surface area (TPSA) is 24.4 Å². The van der Waals surface area contributed by atoms with E-state index >= 15 is 0 Å². The molecular weight excluding hydrogens is 288 g/mol.